The third-order valence-electron chi connectivity index (χ3n) is 3.52. The maximum absolute atomic E-state index is 11.4. The van der Waals surface area contributed by atoms with Crippen molar-refractivity contribution in [2.75, 3.05) is 31.6 Å². The number of carbonyl (C=O) groups is 1. The molecule has 1 aliphatic heterocycles. The predicted octanol–water partition coefficient (Wildman–Crippen LogP) is 0.828. The largest absolute Gasteiger partial charge is 0.463 e. The van der Waals surface area contributed by atoms with Gasteiger partial charge in [-0.2, -0.15) is 0 Å². The summed E-state index contributed by atoms with van der Waals surface area (Å²) in [6, 6.07) is 1.83. The molecule has 0 unspecified atom stereocenters. The third kappa shape index (κ3) is 3.41. The van der Waals surface area contributed by atoms with E-state index in [9.17, 15) is 4.79 Å². The third-order valence-corrected chi connectivity index (χ3v) is 3.52. The number of nitrogens with zero attached hydrogens (tertiary/aromatic N) is 3. The summed E-state index contributed by atoms with van der Waals surface area (Å²) in [6.07, 6.45) is 4.93. The topological polar surface area (TPSA) is 81.3 Å². The molecule has 104 valence electrons. The van der Waals surface area contributed by atoms with E-state index >= 15 is 0 Å². The van der Waals surface area contributed by atoms with Crippen molar-refractivity contribution in [3.05, 3.63) is 18.1 Å². The van der Waals surface area contributed by atoms with Crippen molar-refractivity contribution in [2.24, 2.45) is 11.7 Å². The molecule has 1 fully saturated rings. The summed E-state index contributed by atoms with van der Waals surface area (Å²) in [5, 5.41) is 0. The van der Waals surface area contributed by atoms with Crippen LogP contribution in [0.25, 0.3) is 0 Å². The van der Waals surface area contributed by atoms with Gasteiger partial charge in [0.15, 0.2) is 0 Å². The number of hydrogen-bond acceptors (Lipinski definition) is 6. The summed E-state index contributed by atoms with van der Waals surface area (Å²) in [5.74, 6) is 1.12. The van der Waals surface area contributed by atoms with Gasteiger partial charge in [0.1, 0.15) is 5.82 Å². The Bertz CT molecular complexity index is 430. The van der Waals surface area contributed by atoms with Gasteiger partial charge in [-0.3, -0.25) is 0 Å². The molecule has 0 aliphatic carbocycles. The van der Waals surface area contributed by atoms with Crippen LogP contribution in [0.2, 0.25) is 0 Å². The zero-order valence-corrected chi connectivity index (χ0v) is 11.2. The fourth-order valence-corrected chi connectivity index (χ4v) is 2.40. The van der Waals surface area contributed by atoms with Gasteiger partial charge in [-0.15, -0.1) is 0 Å². The van der Waals surface area contributed by atoms with Crippen molar-refractivity contribution in [1.29, 1.82) is 0 Å². The van der Waals surface area contributed by atoms with Crippen LogP contribution in [-0.4, -0.2) is 42.7 Å². The van der Waals surface area contributed by atoms with Crippen LogP contribution in [0.4, 0.5) is 5.82 Å². The Balaban J connectivity index is 2.01. The highest BCUT2D eigenvalue weighted by molar-refractivity contribution is 5.85. The highest BCUT2D eigenvalue weighted by Gasteiger charge is 2.20. The number of rotatable bonds is 4. The SMILES string of the molecule is COC(=O)c1nccc(N2CCC(CCN)CC2)n1. The normalized spacial score (nSPS) is 16.4. The number of anilines is 1. The number of nitrogens with two attached hydrogens (primary N) is 1. The van der Waals surface area contributed by atoms with Crippen molar-refractivity contribution in [3.63, 3.8) is 0 Å². The van der Waals surface area contributed by atoms with Crippen LogP contribution in [-0.2, 0) is 4.74 Å². The van der Waals surface area contributed by atoms with E-state index in [-0.39, 0.29) is 5.82 Å². The molecule has 1 aliphatic rings. The van der Waals surface area contributed by atoms with Crippen LogP contribution in [0.3, 0.4) is 0 Å². The van der Waals surface area contributed by atoms with Gasteiger partial charge in [-0.05, 0) is 37.8 Å². The van der Waals surface area contributed by atoms with Crippen LogP contribution in [0, 0.1) is 5.92 Å². The first-order chi connectivity index (χ1) is 9.24. The molecule has 2 heterocycles. The smallest absolute Gasteiger partial charge is 0.376 e. The summed E-state index contributed by atoms with van der Waals surface area (Å²) in [5.41, 5.74) is 5.59. The van der Waals surface area contributed by atoms with Crippen molar-refractivity contribution in [3.8, 4) is 0 Å². The molecule has 1 aromatic heterocycles. The standard InChI is InChI=1S/C13H20N4O2/c1-19-13(18)12-15-7-3-11(16-12)17-8-4-10(2-6-14)5-9-17/h3,7,10H,2,4-6,8-9,14H2,1H3. The Morgan fingerprint density at radius 2 is 2.26 bits per heavy atom. The van der Waals surface area contributed by atoms with Crippen LogP contribution < -0.4 is 10.6 Å². The summed E-state index contributed by atoms with van der Waals surface area (Å²) >= 11 is 0. The van der Waals surface area contributed by atoms with Crippen LogP contribution in [0.15, 0.2) is 12.3 Å². The van der Waals surface area contributed by atoms with E-state index in [1.807, 2.05) is 6.07 Å². The molecular weight excluding hydrogens is 244 g/mol. The minimum Gasteiger partial charge on any atom is -0.463 e. The van der Waals surface area contributed by atoms with Gasteiger partial charge < -0.3 is 15.4 Å². The zero-order chi connectivity index (χ0) is 13.7. The minimum absolute atomic E-state index is 0.115. The molecule has 6 heteroatoms. The van der Waals surface area contributed by atoms with Crippen LogP contribution >= 0.6 is 0 Å². The van der Waals surface area contributed by atoms with Crippen molar-refractivity contribution in [2.45, 2.75) is 19.3 Å². The lowest BCUT2D eigenvalue weighted by molar-refractivity contribution is 0.0586. The molecular formula is C13H20N4O2. The molecule has 0 amide bonds. The molecule has 1 aromatic rings. The van der Waals surface area contributed by atoms with Crippen molar-refractivity contribution >= 4 is 11.8 Å². The van der Waals surface area contributed by atoms with Gasteiger partial charge in [-0.1, -0.05) is 0 Å². The average molecular weight is 264 g/mol. The Labute approximate surface area is 113 Å². The first-order valence-corrected chi connectivity index (χ1v) is 6.61. The quantitative estimate of drug-likeness (QED) is 0.811. The summed E-state index contributed by atoms with van der Waals surface area (Å²) in [4.78, 5) is 21.8. The molecule has 6 nitrogen and oxygen atoms in total. The second-order valence-corrected chi connectivity index (χ2v) is 4.74. The molecule has 2 rings (SSSR count). The molecule has 0 saturated carbocycles. The van der Waals surface area contributed by atoms with Gasteiger partial charge in [0.05, 0.1) is 7.11 Å². The van der Waals surface area contributed by atoms with Crippen molar-refractivity contribution < 1.29 is 9.53 Å². The second kappa shape index (κ2) is 6.47. The van der Waals surface area contributed by atoms with E-state index in [0.717, 1.165) is 44.7 Å². The Morgan fingerprint density at radius 3 is 2.89 bits per heavy atom. The van der Waals surface area contributed by atoms with Gasteiger partial charge in [0.2, 0.25) is 5.82 Å². The molecule has 0 bridgehead atoms. The molecule has 2 N–H and O–H groups in total. The minimum atomic E-state index is -0.500. The first kappa shape index (κ1) is 13.7. The highest BCUT2D eigenvalue weighted by Crippen LogP contribution is 2.23. The predicted molar refractivity (Wildman–Crippen MR) is 72.0 cm³/mol. The Kier molecular flexibility index (Phi) is 4.68. The lowest BCUT2D eigenvalue weighted by Crippen LogP contribution is -2.35. The van der Waals surface area contributed by atoms with Gasteiger partial charge in [0.25, 0.3) is 0 Å². The maximum atomic E-state index is 11.4. The van der Waals surface area contributed by atoms with Crippen LogP contribution in [0.1, 0.15) is 29.9 Å². The Hall–Kier alpha value is -1.69. The highest BCUT2D eigenvalue weighted by atomic mass is 16.5. The van der Waals surface area contributed by atoms with Gasteiger partial charge in [-0.25, -0.2) is 14.8 Å². The lowest BCUT2D eigenvalue weighted by Gasteiger charge is -2.32. The van der Waals surface area contributed by atoms with E-state index in [0.29, 0.717) is 5.92 Å². The molecule has 0 radical (unpaired) electrons. The van der Waals surface area contributed by atoms with Gasteiger partial charge in [0, 0.05) is 19.3 Å². The monoisotopic (exact) mass is 264 g/mol. The first-order valence-electron chi connectivity index (χ1n) is 6.61. The zero-order valence-electron chi connectivity index (χ0n) is 11.2. The van der Waals surface area contributed by atoms with E-state index < -0.39 is 5.97 Å². The van der Waals surface area contributed by atoms with Crippen molar-refractivity contribution in [1.82, 2.24) is 9.97 Å². The van der Waals surface area contributed by atoms with E-state index in [4.69, 9.17) is 5.73 Å². The Morgan fingerprint density at radius 1 is 1.53 bits per heavy atom. The number of piperidine rings is 1. The average Bonchev–Trinajstić information content (AvgIpc) is 2.48. The summed E-state index contributed by atoms with van der Waals surface area (Å²) < 4.78 is 4.63. The van der Waals surface area contributed by atoms with E-state index in [2.05, 4.69) is 19.6 Å². The fraction of sp³-hybridized carbons (Fsp3) is 0.615. The number of hydrogen-bond donors (Lipinski definition) is 1. The number of carbonyl (C=O) groups excluding carboxylic acids is 1. The van der Waals surface area contributed by atoms with E-state index in [1.165, 1.54) is 7.11 Å². The molecule has 0 aromatic carbocycles. The molecule has 1 saturated heterocycles. The number of methoxy groups -OCH3 is 1. The summed E-state index contributed by atoms with van der Waals surface area (Å²) in [6.45, 7) is 2.65. The number of aromatic nitrogens is 2. The number of ether oxygens (including phenoxy) is 1. The van der Waals surface area contributed by atoms with Crippen LogP contribution in [0.5, 0.6) is 0 Å². The summed E-state index contributed by atoms with van der Waals surface area (Å²) in [7, 11) is 1.33. The molecule has 19 heavy (non-hydrogen) atoms. The second-order valence-electron chi connectivity index (χ2n) is 4.74. The molecule has 0 spiro atoms. The van der Waals surface area contributed by atoms with E-state index in [1.54, 1.807) is 6.20 Å². The maximum Gasteiger partial charge on any atom is 0.376 e. The molecule has 0 atom stereocenters. The lowest BCUT2D eigenvalue weighted by atomic mass is 9.94. The fourth-order valence-electron chi connectivity index (χ4n) is 2.40. The van der Waals surface area contributed by atoms with Gasteiger partial charge >= 0.3 is 5.97 Å². The number of esters is 1.